The average Bonchev–Trinajstić information content (AvgIpc) is 2.48. The standard InChI is InChI=1S/C17H21NO2/c1-12-10-15(8-9-16(12)19)17(20)13(2)18-11-14-6-4-3-5-7-14/h3-10,13,17-20H,11H2,1-2H3. The van der Waals surface area contributed by atoms with E-state index in [0.717, 1.165) is 17.7 Å². The minimum atomic E-state index is -0.599. The molecule has 0 aromatic heterocycles. The van der Waals surface area contributed by atoms with E-state index in [-0.39, 0.29) is 11.8 Å². The predicted molar refractivity (Wildman–Crippen MR) is 80.5 cm³/mol. The normalized spacial score (nSPS) is 13.9. The SMILES string of the molecule is Cc1cc(C(O)C(C)NCc2ccccc2)ccc1O. The Morgan fingerprint density at radius 3 is 2.45 bits per heavy atom. The van der Waals surface area contributed by atoms with E-state index >= 15 is 0 Å². The molecule has 0 aliphatic rings. The fraction of sp³-hybridized carbons (Fsp3) is 0.294. The molecule has 3 nitrogen and oxygen atoms in total. The lowest BCUT2D eigenvalue weighted by molar-refractivity contribution is 0.135. The smallest absolute Gasteiger partial charge is 0.118 e. The number of aliphatic hydroxyl groups excluding tert-OH is 1. The van der Waals surface area contributed by atoms with E-state index in [0.29, 0.717) is 0 Å². The van der Waals surface area contributed by atoms with Crippen LogP contribution in [0.5, 0.6) is 5.75 Å². The van der Waals surface area contributed by atoms with E-state index < -0.39 is 6.10 Å². The summed E-state index contributed by atoms with van der Waals surface area (Å²) in [4.78, 5) is 0. The van der Waals surface area contributed by atoms with E-state index in [1.54, 1.807) is 12.1 Å². The first-order valence-corrected chi connectivity index (χ1v) is 6.83. The van der Waals surface area contributed by atoms with Crippen LogP contribution in [-0.2, 0) is 6.54 Å². The summed E-state index contributed by atoms with van der Waals surface area (Å²) in [6.07, 6.45) is -0.599. The highest BCUT2D eigenvalue weighted by atomic mass is 16.3. The van der Waals surface area contributed by atoms with Crippen molar-refractivity contribution in [1.82, 2.24) is 5.32 Å². The monoisotopic (exact) mass is 271 g/mol. The van der Waals surface area contributed by atoms with E-state index in [2.05, 4.69) is 17.4 Å². The molecule has 2 atom stereocenters. The molecular weight excluding hydrogens is 250 g/mol. The number of aromatic hydroxyl groups is 1. The van der Waals surface area contributed by atoms with Crippen LogP contribution in [-0.4, -0.2) is 16.3 Å². The summed E-state index contributed by atoms with van der Waals surface area (Å²) in [5.41, 5.74) is 2.78. The Hall–Kier alpha value is -1.84. The number of rotatable bonds is 5. The lowest BCUT2D eigenvalue weighted by Gasteiger charge is -2.21. The van der Waals surface area contributed by atoms with Crippen molar-refractivity contribution in [3.63, 3.8) is 0 Å². The third-order valence-electron chi connectivity index (χ3n) is 3.51. The average molecular weight is 271 g/mol. The van der Waals surface area contributed by atoms with Gasteiger partial charge in [0, 0.05) is 12.6 Å². The molecule has 2 rings (SSSR count). The Bertz CT molecular complexity index is 554. The number of benzene rings is 2. The summed E-state index contributed by atoms with van der Waals surface area (Å²) in [5.74, 6) is 0.255. The summed E-state index contributed by atoms with van der Waals surface area (Å²) in [5, 5.41) is 23.2. The Morgan fingerprint density at radius 1 is 1.10 bits per heavy atom. The Kier molecular flexibility index (Phi) is 4.77. The van der Waals surface area contributed by atoms with Crippen molar-refractivity contribution in [2.45, 2.75) is 32.5 Å². The maximum absolute atomic E-state index is 10.3. The fourth-order valence-electron chi connectivity index (χ4n) is 2.14. The van der Waals surface area contributed by atoms with Gasteiger partial charge in [0.15, 0.2) is 0 Å². The van der Waals surface area contributed by atoms with Crippen molar-refractivity contribution in [3.05, 3.63) is 65.2 Å². The highest BCUT2D eigenvalue weighted by Gasteiger charge is 2.16. The fourth-order valence-corrected chi connectivity index (χ4v) is 2.14. The van der Waals surface area contributed by atoms with Crippen LogP contribution in [0.2, 0.25) is 0 Å². The molecule has 0 aliphatic heterocycles. The van der Waals surface area contributed by atoms with Crippen molar-refractivity contribution in [1.29, 1.82) is 0 Å². The van der Waals surface area contributed by atoms with Gasteiger partial charge in [-0.05, 0) is 42.7 Å². The van der Waals surface area contributed by atoms with Gasteiger partial charge in [-0.25, -0.2) is 0 Å². The third-order valence-corrected chi connectivity index (χ3v) is 3.51. The molecule has 0 fully saturated rings. The van der Waals surface area contributed by atoms with E-state index in [1.165, 1.54) is 5.56 Å². The van der Waals surface area contributed by atoms with Crippen molar-refractivity contribution >= 4 is 0 Å². The molecule has 106 valence electrons. The second-order valence-corrected chi connectivity index (χ2v) is 5.15. The third kappa shape index (κ3) is 3.59. The molecule has 0 radical (unpaired) electrons. The van der Waals surface area contributed by atoms with Gasteiger partial charge < -0.3 is 15.5 Å². The van der Waals surface area contributed by atoms with Gasteiger partial charge in [-0.3, -0.25) is 0 Å². The number of aryl methyl sites for hydroxylation is 1. The summed E-state index contributed by atoms with van der Waals surface area (Å²) in [6.45, 7) is 4.50. The largest absolute Gasteiger partial charge is 0.508 e. The molecule has 0 heterocycles. The second kappa shape index (κ2) is 6.55. The summed E-state index contributed by atoms with van der Waals surface area (Å²) in [6, 6.07) is 15.2. The molecule has 0 aliphatic carbocycles. The summed E-state index contributed by atoms with van der Waals surface area (Å²) >= 11 is 0. The zero-order valence-corrected chi connectivity index (χ0v) is 11.9. The van der Waals surface area contributed by atoms with Gasteiger partial charge in [0.25, 0.3) is 0 Å². The second-order valence-electron chi connectivity index (χ2n) is 5.15. The lowest BCUT2D eigenvalue weighted by Crippen LogP contribution is -2.31. The molecule has 3 N–H and O–H groups in total. The molecule has 2 unspecified atom stereocenters. The molecule has 2 aromatic rings. The van der Waals surface area contributed by atoms with E-state index in [4.69, 9.17) is 0 Å². The topological polar surface area (TPSA) is 52.5 Å². The highest BCUT2D eigenvalue weighted by molar-refractivity contribution is 5.36. The minimum absolute atomic E-state index is 0.0702. The molecule has 0 bridgehead atoms. The highest BCUT2D eigenvalue weighted by Crippen LogP contribution is 2.23. The van der Waals surface area contributed by atoms with Gasteiger partial charge in [-0.1, -0.05) is 36.4 Å². The van der Waals surface area contributed by atoms with Crippen molar-refractivity contribution < 1.29 is 10.2 Å². The van der Waals surface area contributed by atoms with E-state index in [1.807, 2.05) is 38.1 Å². The van der Waals surface area contributed by atoms with E-state index in [9.17, 15) is 10.2 Å². The van der Waals surface area contributed by atoms with Gasteiger partial charge in [-0.2, -0.15) is 0 Å². The van der Waals surface area contributed by atoms with Gasteiger partial charge >= 0.3 is 0 Å². The summed E-state index contributed by atoms with van der Waals surface area (Å²) < 4.78 is 0. The number of aliphatic hydroxyl groups is 1. The molecule has 20 heavy (non-hydrogen) atoms. The number of hydrogen-bond acceptors (Lipinski definition) is 3. The predicted octanol–water partition coefficient (Wildman–Crippen LogP) is 2.91. The van der Waals surface area contributed by atoms with Gasteiger partial charge in [0.2, 0.25) is 0 Å². The molecule has 0 amide bonds. The van der Waals surface area contributed by atoms with Crippen LogP contribution in [0.1, 0.15) is 29.7 Å². The quantitative estimate of drug-likeness (QED) is 0.783. The number of phenolic OH excluding ortho intramolecular Hbond substituents is 1. The van der Waals surface area contributed by atoms with Crippen molar-refractivity contribution in [3.8, 4) is 5.75 Å². The Balaban J connectivity index is 1.97. The van der Waals surface area contributed by atoms with Crippen LogP contribution in [0, 0.1) is 6.92 Å². The number of phenols is 1. The first kappa shape index (κ1) is 14.6. The maximum Gasteiger partial charge on any atom is 0.118 e. The molecule has 3 heteroatoms. The van der Waals surface area contributed by atoms with Crippen LogP contribution < -0.4 is 5.32 Å². The minimum Gasteiger partial charge on any atom is -0.508 e. The number of hydrogen-bond donors (Lipinski definition) is 3. The van der Waals surface area contributed by atoms with Crippen LogP contribution in [0.4, 0.5) is 0 Å². The van der Waals surface area contributed by atoms with Crippen molar-refractivity contribution in [2.24, 2.45) is 0 Å². The maximum atomic E-state index is 10.3. The molecule has 0 spiro atoms. The lowest BCUT2D eigenvalue weighted by atomic mass is 10.0. The van der Waals surface area contributed by atoms with Crippen LogP contribution in [0.3, 0.4) is 0 Å². The van der Waals surface area contributed by atoms with Crippen LogP contribution >= 0.6 is 0 Å². The van der Waals surface area contributed by atoms with Gasteiger partial charge in [-0.15, -0.1) is 0 Å². The van der Waals surface area contributed by atoms with Gasteiger partial charge in [0.1, 0.15) is 5.75 Å². The first-order valence-electron chi connectivity index (χ1n) is 6.83. The first-order chi connectivity index (χ1) is 9.58. The van der Waals surface area contributed by atoms with Crippen LogP contribution in [0.15, 0.2) is 48.5 Å². The zero-order valence-electron chi connectivity index (χ0n) is 11.9. The molecule has 2 aromatic carbocycles. The Morgan fingerprint density at radius 2 is 1.80 bits per heavy atom. The molecular formula is C17H21NO2. The zero-order chi connectivity index (χ0) is 14.5. The van der Waals surface area contributed by atoms with Gasteiger partial charge in [0.05, 0.1) is 6.10 Å². The Labute approximate surface area is 119 Å². The van der Waals surface area contributed by atoms with Crippen LogP contribution in [0.25, 0.3) is 0 Å². The molecule has 0 saturated carbocycles. The molecule has 0 saturated heterocycles. The number of nitrogens with one attached hydrogen (secondary N) is 1. The summed E-state index contributed by atoms with van der Waals surface area (Å²) in [7, 11) is 0. The van der Waals surface area contributed by atoms with Crippen molar-refractivity contribution in [2.75, 3.05) is 0 Å².